The predicted octanol–water partition coefficient (Wildman–Crippen LogP) is 3.36. The first kappa shape index (κ1) is 25.0. The van der Waals surface area contributed by atoms with Crippen molar-refractivity contribution < 1.29 is 9.13 Å². The van der Waals surface area contributed by atoms with E-state index in [0.717, 1.165) is 25.9 Å². The normalized spacial score (nSPS) is 21.6. The van der Waals surface area contributed by atoms with E-state index in [1.165, 1.54) is 10.7 Å². The number of nitrogens with one attached hydrogen (secondary N) is 1. The van der Waals surface area contributed by atoms with Crippen molar-refractivity contribution in [2.75, 3.05) is 24.6 Å². The van der Waals surface area contributed by atoms with Crippen LogP contribution < -0.4 is 16.2 Å². The number of H-pyrrole nitrogens is 1. The van der Waals surface area contributed by atoms with Gasteiger partial charge in [0.1, 0.15) is 11.2 Å². The van der Waals surface area contributed by atoms with Crippen LogP contribution in [0.15, 0.2) is 23.3 Å². The van der Waals surface area contributed by atoms with Gasteiger partial charge in [-0.1, -0.05) is 11.6 Å². The van der Waals surface area contributed by atoms with Gasteiger partial charge in [0.25, 0.3) is 5.56 Å². The van der Waals surface area contributed by atoms with Crippen LogP contribution in [0.25, 0.3) is 33.1 Å². The highest BCUT2D eigenvalue weighted by atomic mass is 35.5. The zero-order chi connectivity index (χ0) is 24.6. The minimum absolute atomic E-state index is 0. The number of aromatic amines is 1. The van der Waals surface area contributed by atoms with Crippen molar-refractivity contribution in [3.8, 4) is 11.1 Å². The van der Waals surface area contributed by atoms with Crippen LogP contribution in [-0.2, 0) is 18.8 Å². The van der Waals surface area contributed by atoms with Gasteiger partial charge in [-0.2, -0.15) is 10.1 Å². The van der Waals surface area contributed by atoms with E-state index >= 15 is 0 Å². The molecule has 2 fully saturated rings. The first-order valence-electron chi connectivity index (χ1n) is 11.7. The second-order valence-corrected chi connectivity index (χ2v) is 10.3. The van der Waals surface area contributed by atoms with Gasteiger partial charge in [0, 0.05) is 67.5 Å². The quantitative estimate of drug-likeness (QED) is 0.407. The van der Waals surface area contributed by atoms with Gasteiger partial charge in [-0.25, -0.2) is 4.39 Å². The number of aryl methyl sites for hydroxylation is 1. The van der Waals surface area contributed by atoms with Gasteiger partial charge in [-0.05, 0) is 25.8 Å². The highest BCUT2D eigenvalue weighted by Crippen LogP contribution is 2.42. The van der Waals surface area contributed by atoms with Crippen LogP contribution in [0.4, 0.5) is 10.3 Å². The van der Waals surface area contributed by atoms with Crippen LogP contribution in [0.5, 0.6) is 0 Å². The molecule has 0 unspecified atom stereocenters. The molecule has 5 heterocycles. The molecule has 2 aliphatic heterocycles. The van der Waals surface area contributed by atoms with E-state index in [1.807, 2.05) is 6.92 Å². The second-order valence-electron chi connectivity index (χ2n) is 9.88. The number of benzene rings is 1. The van der Waals surface area contributed by atoms with Crippen LogP contribution >= 0.6 is 24.0 Å². The van der Waals surface area contributed by atoms with E-state index in [2.05, 4.69) is 15.0 Å². The average molecular weight is 536 g/mol. The maximum atomic E-state index is 14.8. The van der Waals surface area contributed by atoms with E-state index in [9.17, 15) is 9.18 Å². The Morgan fingerprint density at radius 1 is 1.28 bits per heavy atom. The number of hydrogen-bond acceptors (Lipinski definition) is 6. The molecule has 0 aliphatic carbocycles. The van der Waals surface area contributed by atoms with Gasteiger partial charge in [0.05, 0.1) is 23.1 Å². The van der Waals surface area contributed by atoms with Crippen LogP contribution in [0, 0.1) is 11.2 Å². The van der Waals surface area contributed by atoms with Crippen LogP contribution in [-0.4, -0.2) is 56.2 Å². The highest BCUT2D eigenvalue weighted by molar-refractivity contribution is 6.38. The summed E-state index contributed by atoms with van der Waals surface area (Å²) in [5, 5.41) is 5.34. The smallest absolute Gasteiger partial charge is 0.264 e. The summed E-state index contributed by atoms with van der Waals surface area (Å²) in [6.45, 7) is 4.17. The van der Waals surface area contributed by atoms with Crippen molar-refractivity contribution in [2.45, 2.75) is 31.9 Å². The molecular formula is C24H28Cl2FN7O2. The van der Waals surface area contributed by atoms with Gasteiger partial charge >= 0.3 is 0 Å². The van der Waals surface area contributed by atoms with Gasteiger partial charge in [0.15, 0.2) is 5.82 Å². The summed E-state index contributed by atoms with van der Waals surface area (Å²) >= 11 is 6.65. The molecule has 2 atom stereocenters. The predicted molar refractivity (Wildman–Crippen MR) is 141 cm³/mol. The fourth-order valence-corrected chi connectivity index (χ4v) is 5.99. The first-order chi connectivity index (χ1) is 16.7. The van der Waals surface area contributed by atoms with E-state index in [-0.39, 0.29) is 41.0 Å². The molecule has 36 heavy (non-hydrogen) atoms. The molecule has 0 bridgehead atoms. The van der Waals surface area contributed by atoms with E-state index in [4.69, 9.17) is 27.1 Å². The molecule has 12 heteroatoms. The Bertz CT molecular complexity index is 1540. The number of fused-ring (bicyclic) bond motifs is 2. The zero-order valence-corrected chi connectivity index (χ0v) is 21.8. The molecule has 2 aliphatic rings. The van der Waals surface area contributed by atoms with Gasteiger partial charge in [-0.15, -0.1) is 12.4 Å². The lowest BCUT2D eigenvalue weighted by molar-refractivity contribution is 0.0973. The topological polar surface area (TPSA) is 107 Å². The van der Waals surface area contributed by atoms with Crippen molar-refractivity contribution in [2.24, 2.45) is 25.2 Å². The third-order valence-corrected chi connectivity index (χ3v) is 8.27. The number of anilines is 1. The Labute approximate surface area is 217 Å². The summed E-state index contributed by atoms with van der Waals surface area (Å²) in [5.74, 6) is 0.0905. The number of nitrogens with two attached hydrogens (primary N) is 1. The molecule has 4 aromatic rings. The standard InChI is InChI=1S/C24H27ClFN7O2.ClH/c1-12-20(27)24(11-35-12)4-6-33(7-5-24)23-29-21-17(22(34)32(23)3)14(9-28-21)13-8-16(26)19-15(18(13)25)10-31(2)30-19;/h8-10,12,20,28H,4-7,11,27H2,1-3H3;1H/t12-,20+;/m0./s1. The molecule has 0 saturated carbocycles. The summed E-state index contributed by atoms with van der Waals surface area (Å²) in [7, 11) is 3.42. The molecule has 1 spiro atoms. The lowest BCUT2D eigenvalue weighted by Crippen LogP contribution is -2.51. The summed E-state index contributed by atoms with van der Waals surface area (Å²) < 4.78 is 23.7. The number of nitrogens with zero attached hydrogens (tertiary/aromatic N) is 5. The van der Waals surface area contributed by atoms with E-state index in [0.29, 0.717) is 45.1 Å². The first-order valence-corrected chi connectivity index (χ1v) is 12.1. The molecule has 3 aromatic heterocycles. The lowest BCUT2D eigenvalue weighted by atomic mass is 9.73. The molecule has 2 saturated heterocycles. The number of aromatic nitrogens is 5. The number of halogens is 3. The Morgan fingerprint density at radius 2 is 2.00 bits per heavy atom. The SMILES string of the molecule is C[C@@H]1OCC2(CCN(c3nc4[nH]cc(-c5cc(F)c6nn(C)cc6c5Cl)c4c(=O)n3C)CC2)[C@@H]1N.Cl. The fourth-order valence-electron chi connectivity index (χ4n) is 5.70. The van der Waals surface area contributed by atoms with Crippen molar-refractivity contribution in [1.82, 2.24) is 24.3 Å². The second kappa shape index (κ2) is 8.72. The Morgan fingerprint density at radius 3 is 2.67 bits per heavy atom. The number of hydrogen-bond donors (Lipinski definition) is 2. The molecule has 0 radical (unpaired) electrons. The van der Waals surface area contributed by atoms with Gasteiger partial charge in [-0.3, -0.25) is 14.0 Å². The summed E-state index contributed by atoms with van der Waals surface area (Å²) in [6.07, 6.45) is 5.14. The minimum Gasteiger partial charge on any atom is -0.376 e. The molecule has 3 N–H and O–H groups in total. The van der Waals surface area contributed by atoms with Crippen LogP contribution in [0.1, 0.15) is 19.8 Å². The summed E-state index contributed by atoms with van der Waals surface area (Å²) in [5.41, 5.74) is 7.77. The van der Waals surface area contributed by atoms with Crippen molar-refractivity contribution >= 4 is 51.9 Å². The monoisotopic (exact) mass is 535 g/mol. The van der Waals surface area contributed by atoms with Crippen molar-refractivity contribution in [1.29, 1.82) is 0 Å². The fraction of sp³-hybridized carbons (Fsp3) is 0.458. The summed E-state index contributed by atoms with van der Waals surface area (Å²) in [6, 6.07) is 1.34. The van der Waals surface area contributed by atoms with Crippen LogP contribution in [0.2, 0.25) is 5.02 Å². The zero-order valence-electron chi connectivity index (χ0n) is 20.2. The molecule has 9 nitrogen and oxygen atoms in total. The third kappa shape index (κ3) is 3.53. The Kier molecular flexibility index (Phi) is 6.06. The third-order valence-electron chi connectivity index (χ3n) is 7.87. The number of ether oxygens (including phenoxy) is 1. The Balaban J connectivity index is 0.00000267. The van der Waals surface area contributed by atoms with Gasteiger partial charge < -0.3 is 20.4 Å². The molecular weight excluding hydrogens is 508 g/mol. The van der Waals surface area contributed by atoms with E-state index < -0.39 is 5.82 Å². The Hall–Kier alpha value is -2.66. The average Bonchev–Trinajstić information content (AvgIpc) is 3.52. The maximum Gasteiger partial charge on any atom is 0.264 e. The number of rotatable bonds is 2. The van der Waals surface area contributed by atoms with Crippen molar-refractivity contribution in [3.05, 3.63) is 39.7 Å². The van der Waals surface area contributed by atoms with E-state index in [1.54, 1.807) is 31.1 Å². The summed E-state index contributed by atoms with van der Waals surface area (Å²) in [4.78, 5) is 23.6. The van der Waals surface area contributed by atoms with Crippen LogP contribution in [0.3, 0.4) is 0 Å². The lowest BCUT2D eigenvalue weighted by Gasteiger charge is -2.41. The highest BCUT2D eigenvalue weighted by Gasteiger charge is 2.47. The molecule has 1 aromatic carbocycles. The largest absolute Gasteiger partial charge is 0.376 e. The van der Waals surface area contributed by atoms with Crippen molar-refractivity contribution in [3.63, 3.8) is 0 Å². The molecule has 6 rings (SSSR count). The minimum atomic E-state index is -0.499. The number of piperidine rings is 1. The maximum absolute atomic E-state index is 14.8. The molecule has 0 amide bonds. The van der Waals surface area contributed by atoms with Gasteiger partial charge in [0.2, 0.25) is 5.95 Å². The molecule has 192 valence electrons.